The van der Waals surface area contributed by atoms with E-state index in [1.165, 1.54) is 17.7 Å². The Labute approximate surface area is 187 Å². The average Bonchev–Trinajstić information content (AvgIpc) is 3.12. The molecule has 158 valence electrons. The van der Waals surface area contributed by atoms with Gasteiger partial charge in [0.1, 0.15) is 0 Å². The highest BCUT2D eigenvalue weighted by Gasteiger charge is 2.17. The maximum Gasteiger partial charge on any atom is 0.238 e. The largest absolute Gasteiger partial charge is 0.238 e. The van der Waals surface area contributed by atoms with Crippen LogP contribution in [0.4, 0.5) is 0 Å². The van der Waals surface area contributed by atoms with Crippen LogP contribution >= 0.6 is 11.6 Å². The van der Waals surface area contributed by atoms with Crippen LogP contribution in [0.1, 0.15) is 16.7 Å². The van der Waals surface area contributed by atoms with Gasteiger partial charge in [-0.2, -0.15) is 5.10 Å². The molecule has 0 saturated carbocycles. The number of nitrogens with two attached hydrogens (primary N) is 1. The molecule has 4 rings (SSSR count). The molecule has 0 amide bonds. The van der Waals surface area contributed by atoms with Gasteiger partial charge in [-0.05, 0) is 74.4 Å². The smallest absolute Gasteiger partial charge is 0.232 e. The lowest BCUT2D eigenvalue weighted by molar-refractivity contribution is 0.598. The van der Waals surface area contributed by atoms with E-state index in [9.17, 15) is 8.42 Å². The minimum absolute atomic E-state index is 0.0607. The summed E-state index contributed by atoms with van der Waals surface area (Å²) in [6, 6.07) is 20.3. The van der Waals surface area contributed by atoms with Crippen molar-refractivity contribution in [2.24, 2.45) is 5.14 Å². The van der Waals surface area contributed by atoms with Crippen LogP contribution in [0.2, 0.25) is 5.02 Å². The molecule has 1 aromatic heterocycles. The second kappa shape index (κ2) is 7.96. The molecule has 2 N–H and O–H groups in total. The van der Waals surface area contributed by atoms with Crippen LogP contribution in [0.25, 0.3) is 28.2 Å². The Balaban J connectivity index is 1.94. The third-order valence-corrected chi connectivity index (χ3v) is 6.37. The van der Waals surface area contributed by atoms with Crippen molar-refractivity contribution < 1.29 is 8.42 Å². The number of hydrogen-bond donors (Lipinski definition) is 1. The standard InChI is InChI=1S/C24H22ClN3O2S/c1-15-12-16(2)24(17(3)13-15)23-14-22(18-4-6-19(25)7-5-18)27-28(23)20-8-10-21(11-9-20)31(26,29)30/h4-14H,1-3H3,(H2,26,29,30). The fourth-order valence-corrected chi connectivity index (χ4v) is 4.52. The van der Waals surface area contributed by atoms with Crippen LogP contribution < -0.4 is 5.14 Å². The second-order valence-electron chi connectivity index (χ2n) is 7.65. The minimum atomic E-state index is -3.77. The van der Waals surface area contributed by atoms with Gasteiger partial charge in [0.15, 0.2) is 0 Å². The van der Waals surface area contributed by atoms with Gasteiger partial charge in [-0.15, -0.1) is 0 Å². The molecule has 0 spiro atoms. The minimum Gasteiger partial charge on any atom is -0.232 e. The van der Waals surface area contributed by atoms with Crippen LogP contribution in [-0.4, -0.2) is 18.2 Å². The van der Waals surface area contributed by atoms with Crippen molar-refractivity contribution in [3.8, 4) is 28.2 Å². The van der Waals surface area contributed by atoms with Crippen LogP contribution in [0, 0.1) is 20.8 Å². The number of rotatable bonds is 4. The first-order chi connectivity index (χ1) is 14.6. The van der Waals surface area contributed by atoms with Gasteiger partial charge >= 0.3 is 0 Å². The summed E-state index contributed by atoms with van der Waals surface area (Å²) in [7, 11) is -3.77. The van der Waals surface area contributed by atoms with Crippen molar-refractivity contribution in [1.29, 1.82) is 0 Å². The van der Waals surface area contributed by atoms with E-state index in [0.29, 0.717) is 5.02 Å². The first kappa shape index (κ1) is 21.3. The lowest BCUT2D eigenvalue weighted by Crippen LogP contribution is -2.12. The van der Waals surface area contributed by atoms with Crippen molar-refractivity contribution in [2.45, 2.75) is 25.7 Å². The summed E-state index contributed by atoms with van der Waals surface area (Å²) in [6.07, 6.45) is 0. The molecule has 1 heterocycles. The maximum absolute atomic E-state index is 11.7. The summed E-state index contributed by atoms with van der Waals surface area (Å²) in [5.41, 5.74) is 7.96. The number of aryl methyl sites for hydroxylation is 3. The molecule has 0 atom stereocenters. The molecular formula is C24H22ClN3O2S. The Bertz CT molecular complexity index is 1350. The molecular weight excluding hydrogens is 430 g/mol. The molecule has 0 aliphatic carbocycles. The number of nitrogens with zero attached hydrogens (tertiary/aromatic N) is 2. The van der Waals surface area contributed by atoms with Crippen LogP contribution in [0.3, 0.4) is 0 Å². The highest BCUT2D eigenvalue weighted by Crippen LogP contribution is 2.34. The van der Waals surface area contributed by atoms with Gasteiger partial charge in [0, 0.05) is 16.1 Å². The molecule has 3 aromatic carbocycles. The van der Waals surface area contributed by atoms with E-state index < -0.39 is 10.0 Å². The Morgan fingerprint density at radius 1 is 0.871 bits per heavy atom. The molecule has 0 fully saturated rings. The normalized spacial score (nSPS) is 11.6. The van der Waals surface area contributed by atoms with Gasteiger partial charge in [-0.3, -0.25) is 0 Å². The van der Waals surface area contributed by atoms with Crippen LogP contribution in [0.15, 0.2) is 71.6 Å². The SMILES string of the molecule is Cc1cc(C)c(-c2cc(-c3ccc(Cl)cc3)nn2-c2ccc(S(N)(=O)=O)cc2)c(C)c1. The second-order valence-corrected chi connectivity index (χ2v) is 9.64. The number of benzene rings is 3. The van der Waals surface area contributed by atoms with E-state index in [4.69, 9.17) is 21.8 Å². The molecule has 0 unspecified atom stereocenters. The van der Waals surface area contributed by atoms with E-state index >= 15 is 0 Å². The number of halogens is 1. The Hall–Kier alpha value is -2.93. The Morgan fingerprint density at radius 3 is 2.00 bits per heavy atom. The van der Waals surface area contributed by atoms with E-state index in [1.54, 1.807) is 12.1 Å². The molecule has 31 heavy (non-hydrogen) atoms. The summed E-state index contributed by atoms with van der Waals surface area (Å²) < 4.78 is 25.1. The van der Waals surface area contributed by atoms with Crippen molar-refractivity contribution in [1.82, 2.24) is 9.78 Å². The van der Waals surface area contributed by atoms with Crippen LogP contribution in [0.5, 0.6) is 0 Å². The summed E-state index contributed by atoms with van der Waals surface area (Å²) in [5.74, 6) is 0. The zero-order valence-corrected chi connectivity index (χ0v) is 19.0. The van der Waals surface area contributed by atoms with E-state index in [2.05, 4.69) is 32.9 Å². The molecule has 0 aliphatic rings. The number of hydrogen-bond acceptors (Lipinski definition) is 3. The van der Waals surface area contributed by atoms with Crippen molar-refractivity contribution in [3.05, 3.63) is 88.4 Å². The highest BCUT2D eigenvalue weighted by molar-refractivity contribution is 7.89. The molecule has 7 heteroatoms. The summed E-state index contributed by atoms with van der Waals surface area (Å²) >= 11 is 6.05. The topological polar surface area (TPSA) is 78.0 Å². The fourth-order valence-electron chi connectivity index (χ4n) is 3.88. The fraction of sp³-hybridized carbons (Fsp3) is 0.125. The summed E-state index contributed by atoms with van der Waals surface area (Å²) in [6.45, 7) is 6.24. The third kappa shape index (κ3) is 4.28. The van der Waals surface area contributed by atoms with E-state index in [0.717, 1.165) is 39.3 Å². The molecule has 5 nitrogen and oxygen atoms in total. The molecule has 0 bridgehead atoms. The van der Waals surface area contributed by atoms with E-state index in [1.807, 2.05) is 35.0 Å². The zero-order valence-electron chi connectivity index (χ0n) is 17.4. The third-order valence-electron chi connectivity index (χ3n) is 5.19. The van der Waals surface area contributed by atoms with Gasteiger partial charge in [-0.1, -0.05) is 41.4 Å². The summed E-state index contributed by atoms with van der Waals surface area (Å²) in [4.78, 5) is 0.0607. The molecule has 0 saturated heterocycles. The quantitative estimate of drug-likeness (QED) is 0.449. The predicted molar refractivity (Wildman–Crippen MR) is 125 cm³/mol. The number of sulfonamides is 1. The zero-order chi connectivity index (χ0) is 22.3. The monoisotopic (exact) mass is 451 g/mol. The molecule has 0 radical (unpaired) electrons. The predicted octanol–water partition coefficient (Wildman–Crippen LogP) is 5.43. The lowest BCUT2D eigenvalue weighted by atomic mass is 9.96. The van der Waals surface area contributed by atoms with Gasteiger partial charge < -0.3 is 0 Å². The number of primary sulfonamides is 1. The van der Waals surface area contributed by atoms with Crippen molar-refractivity contribution >= 4 is 21.6 Å². The maximum atomic E-state index is 11.7. The lowest BCUT2D eigenvalue weighted by Gasteiger charge is -2.14. The Morgan fingerprint density at radius 2 is 1.45 bits per heavy atom. The van der Waals surface area contributed by atoms with Gasteiger partial charge in [0.25, 0.3) is 0 Å². The van der Waals surface area contributed by atoms with E-state index in [-0.39, 0.29) is 4.90 Å². The van der Waals surface area contributed by atoms with Gasteiger partial charge in [0.2, 0.25) is 10.0 Å². The Kier molecular flexibility index (Phi) is 5.47. The van der Waals surface area contributed by atoms with Gasteiger partial charge in [-0.25, -0.2) is 18.2 Å². The molecule has 0 aliphatic heterocycles. The number of aromatic nitrogens is 2. The summed E-state index contributed by atoms with van der Waals surface area (Å²) in [5, 5.41) is 10.8. The van der Waals surface area contributed by atoms with Crippen molar-refractivity contribution in [2.75, 3.05) is 0 Å². The highest BCUT2D eigenvalue weighted by atomic mass is 35.5. The first-order valence-electron chi connectivity index (χ1n) is 9.71. The van der Waals surface area contributed by atoms with Gasteiger partial charge in [0.05, 0.1) is 22.0 Å². The van der Waals surface area contributed by atoms with Crippen LogP contribution in [-0.2, 0) is 10.0 Å². The first-order valence-corrected chi connectivity index (χ1v) is 11.6. The molecule has 4 aromatic rings. The average molecular weight is 452 g/mol. The van der Waals surface area contributed by atoms with Crippen molar-refractivity contribution in [3.63, 3.8) is 0 Å².